The van der Waals surface area contributed by atoms with E-state index in [0.29, 0.717) is 24.2 Å². The molecule has 0 saturated carbocycles. The number of fused-ring (bicyclic) bond motifs is 2. The lowest BCUT2D eigenvalue weighted by molar-refractivity contribution is -0.384. The average molecular weight is 333 g/mol. The van der Waals surface area contributed by atoms with Crippen LogP contribution in [0.3, 0.4) is 0 Å². The number of hydrogen-bond donors (Lipinski definition) is 0. The predicted octanol–water partition coefficient (Wildman–Crippen LogP) is 3.65. The van der Waals surface area contributed by atoms with Crippen molar-refractivity contribution >= 4 is 28.2 Å². The smallest absolute Gasteiger partial charge is 0.271 e. The van der Waals surface area contributed by atoms with Gasteiger partial charge in [0.1, 0.15) is 0 Å². The largest absolute Gasteiger partial charge is 0.307 e. The summed E-state index contributed by atoms with van der Waals surface area (Å²) < 4.78 is 0. The van der Waals surface area contributed by atoms with Gasteiger partial charge in [0.2, 0.25) is 0 Å². The summed E-state index contributed by atoms with van der Waals surface area (Å²) in [6.07, 6.45) is 0.696. The minimum Gasteiger partial charge on any atom is -0.307 e. The zero-order valence-electron chi connectivity index (χ0n) is 13.6. The van der Waals surface area contributed by atoms with Crippen LogP contribution in [0.1, 0.15) is 21.6 Å². The topological polar surface area (TPSA) is 76.3 Å². The number of rotatable bonds is 2. The van der Waals surface area contributed by atoms with E-state index in [9.17, 15) is 14.9 Å². The molecule has 0 aliphatic carbocycles. The molecule has 2 aromatic carbocycles. The molecule has 4 rings (SSSR count). The second-order valence-electron chi connectivity index (χ2n) is 6.11. The molecule has 1 aromatic heterocycles. The summed E-state index contributed by atoms with van der Waals surface area (Å²) in [7, 11) is 0. The minimum atomic E-state index is -0.437. The zero-order valence-corrected chi connectivity index (χ0v) is 13.6. The first kappa shape index (κ1) is 15.3. The maximum absolute atomic E-state index is 13.2. The molecule has 1 aliphatic heterocycles. The fraction of sp³-hybridized carbons (Fsp3) is 0.158. The second kappa shape index (κ2) is 5.66. The van der Waals surface area contributed by atoms with Crippen LogP contribution in [0.15, 0.2) is 48.5 Å². The number of carbonyl (C=O) groups excluding carboxylic acids is 1. The Morgan fingerprint density at radius 1 is 1.20 bits per heavy atom. The molecule has 124 valence electrons. The number of pyridine rings is 1. The number of amides is 1. The number of nitro groups is 1. The molecule has 1 amide bonds. The number of carbonyl (C=O) groups is 1. The van der Waals surface area contributed by atoms with Gasteiger partial charge >= 0.3 is 0 Å². The quantitative estimate of drug-likeness (QED) is 0.530. The highest BCUT2D eigenvalue weighted by molar-refractivity contribution is 6.14. The van der Waals surface area contributed by atoms with E-state index >= 15 is 0 Å². The summed E-state index contributed by atoms with van der Waals surface area (Å²) in [6.45, 7) is 2.37. The maximum atomic E-state index is 13.2. The molecular formula is C19H15N3O3. The minimum absolute atomic E-state index is 0.00535. The van der Waals surface area contributed by atoms with Crippen molar-refractivity contribution in [2.45, 2.75) is 13.3 Å². The second-order valence-corrected chi connectivity index (χ2v) is 6.11. The van der Waals surface area contributed by atoms with Crippen molar-refractivity contribution in [3.8, 4) is 0 Å². The van der Waals surface area contributed by atoms with Crippen LogP contribution >= 0.6 is 0 Å². The normalized spacial score (nSPS) is 13.1. The Kier molecular flexibility index (Phi) is 3.46. The van der Waals surface area contributed by atoms with E-state index < -0.39 is 4.92 Å². The zero-order chi connectivity index (χ0) is 17.6. The van der Waals surface area contributed by atoms with Crippen LogP contribution in [0, 0.1) is 17.0 Å². The molecule has 0 radical (unpaired) electrons. The first-order valence-electron chi connectivity index (χ1n) is 8.00. The summed E-state index contributed by atoms with van der Waals surface area (Å²) in [5.74, 6) is -0.152. The number of nitro benzene ring substituents is 1. The molecule has 0 fully saturated rings. The number of benzene rings is 2. The van der Waals surface area contributed by atoms with Crippen molar-refractivity contribution in [3.05, 3.63) is 75.5 Å². The Morgan fingerprint density at radius 2 is 2.00 bits per heavy atom. The van der Waals surface area contributed by atoms with Crippen molar-refractivity contribution in [3.63, 3.8) is 0 Å². The summed E-state index contributed by atoms with van der Waals surface area (Å²) in [6, 6.07) is 14.0. The van der Waals surface area contributed by atoms with Crippen LogP contribution in [-0.4, -0.2) is 22.4 Å². The number of aryl methyl sites for hydroxylation is 1. The van der Waals surface area contributed by atoms with Crippen molar-refractivity contribution in [1.29, 1.82) is 0 Å². The fourth-order valence-corrected chi connectivity index (χ4v) is 3.32. The number of hydrogen-bond acceptors (Lipinski definition) is 4. The highest BCUT2D eigenvalue weighted by atomic mass is 16.6. The van der Waals surface area contributed by atoms with E-state index in [1.807, 2.05) is 31.2 Å². The monoisotopic (exact) mass is 333 g/mol. The molecule has 0 unspecified atom stereocenters. The highest BCUT2D eigenvalue weighted by Gasteiger charge is 2.28. The predicted molar refractivity (Wildman–Crippen MR) is 95.0 cm³/mol. The standard InChI is InChI=1S/C19H15N3O3/c1-12-10-16(15-4-2-3-5-17(15)20-12)19(23)21-9-8-13-6-7-14(22(24)25)11-18(13)21/h2-7,10-11H,8-9H2,1H3. The number of para-hydroxylation sites is 1. The van der Waals surface area contributed by atoms with Crippen LogP contribution in [0.5, 0.6) is 0 Å². The Bertz CT molecular complexity index is 1030. The van der Waals surface area contributed by atoms with Crippen LogP contribution < -0.4 is 4.90 Å². The molecule has 2 heterocycles. The van der Waals surface area contributed by atoms with Gasteiger partial charge in [-0.25, -0.2) is 0 Å². The lowest BCUT2D eigenvalue weighted by Gasteiger charge is -2.18. The van der Waals surface area contributed by atoms with Crippen molar-refractivity contribution in [2.24, 2.45) is 0 Å². The van der Waals surface area contributed by atoms with Gasteiger partial charge in [0.05, 0.1) is 21.7 Å². The van der Waals surface area contributed by atoms with E-state index in [4.69, 9.17) is 0 Å². The molecule has 0 atom stereocenters. The molecule has 0 N–H and O–H groups in total. The van der Waals surface area contributed by atoms with Gasteiger partial charge in [0, 0.05) is 29.8 Å². The van der Waals surface area contributed by atoms with E-state index in [-0.39, 0.29) is 11.6 Å². The number of anilines is 1. The molecule has 0 spiro atoms. The van der Waals surface area contributed by atoms with Crippen LogP contribution in [0.25, 0.3) is 10.9 Å². The summed E-state index contributed by atoms with van der Waals surface area (Å²) in [4.78, 5) is 29.9. The first-order chi connectivity index (χ1) is 12.0. The Morgan fingerprint density at radius 3 is 2.80 bits per heavy atom. The molecule has 25 heavy (non-hydrogen) atoms. The van der Waals surface area contributed by atoms with Gasteiger partial charge in [-0.1, -0.05) is 24.3 Å². The van der Waals surface area contributed by atoms with E-state index in [1.165, 1.54) is 12.1 Å². The van der Waals surface area contributed by atoms with Crippen molar-refractivity contribution < 1.29 is 9.72 Å². The summed E-state index contributed by atoms with van der Waals surface area (Å²) in [5, 5.41) is 11.8. The third-order valence-corrected chi connectivity index (χ3v) is 4.50. The highest BCUT2D eigenvalue weighted by Crippen LogP contribution is 2.33. The first-order valence-corrected chi connectivity index (χ1v) is 8.00. The molecule has 6 heteroatoms. The van der Waals surface area contributed by atoms with Gasteiger partial charge in [-0.15, -0.1) is 0 Å². The van der Waals surface area contributed by atoms with E-state index in [0.717, 1.165) is 22.2 Å². The molecule has 3 aromatic rings. The lowest BCUT2D eigenvalue weighted by Crippen LogP contribution is -2.29. The third kappa shape index (κ3) is 2.52. The third-order valence-electron chi connectivity index (χ3n) is 4.50. The fourth-order valence-electron chi connectivity index (χ4n) is 3.32. The van der Waals surface area contributed by atoms with E-state index in [1.54, 1.807) is 17.0 Å². The Hall–Kier alpha value is -3.28. The number of non-ortho nitro benzene ring substituents is 1. The lowest BCUT2D eigenvalue weighted by atomic mass is 10.1. The maximum Gasteiger partial charge on any atom is 0.271 e. The summed E-state index contributed by atoms with van der Waals surface area (Å²) in [5.41, 5.74) is 3.67. The van der Waals surface area contributed by atoms with Crippen LogP contribution in [0.4, 0.5) is 11.4 Å². The van der Waals surface area contributed by atoms with Crippen molar-refractivity contribution in [1.82, 2.24) is 4.98 Å². The van der Waals surface area contributed by atoms with Crippen LogP contribution in [0.2, 0.25) is 0 Å². The Balaban J connectivity index is 1.82. The molecule has 1 aliphatic rings. The van der Waals surface area contributed by atoms with E-state index in [2.05, 4.69) is 4.98 Å². The molecule has 0 saturated heterocycles. The average Bonchev–Trinajstić information content (AvgIpc) is 3.03. The van der Waals surface area contributed by atoms with Gasteiger partial charge in [0.25, 0.3) is 11.6 Å². The number of nitrogens with zero attached hydrogens (tertiary/aromatic N) is 3. The van der Waals surface area contributed by atoms with Gasteiger partial charge < -0.3 is 4.90 Å². The van der Waals surface area contributed by atoms with Gasteiger partial charge in [0.15, 0.2) is 0 Å². The van der Waals surface area contributed by atoms with Gasteiger partial charge in [-0.05, 0) is 31.0 Å². The summed E-state index contributed by atoms with van der Waals surface area (Å²) >= 11 is 0. The van der Waals surface area contributed by atoms with Crippen LogP contribution in [-0.2, 0) is 6.42 Å². The molecule has 6 nitrogen and oxygen atoms in total. The SMILES string of the molecule is Cc1cc(C(=O)N2CCc3ccc([N+](=O)[O-])cc32)c2ccccc2n1. The van der Waals surface area contributed by atoms with Gasteiger partial charge in [-0.3, -0.25) is 19.9 Å². The number of aromatic nitrogens is 1. The Labute approximate surface area is 143 Å². The molecular weight excluding hydrogens is 318 g/mol. The molecule has 0 bridgehead atoms. The van der Waals surface area contributed by atoms with Crippen molar-refractivity contribution in [2.75, 3.05) is 11.4 Å². The van der Waals surface area contributed by atoms with Gasteiger partial charge in [-0.2, -0.15) is 0 Å².